The maximum atomic E-state index is 13.1. The predicted molar refractivity (Wildman–Crippen MR) is 105 cm³/mol. The Morgan fingerprint density at radius 2 is 1.83 bits per heavy atom. The molecule has 7 heteroatoms. The first-order chi connectivity index (χ1) is 13.9. The molecule has 0 aliphatic heterocycles. The van der Waals surface area contributed by atoms with Gasteiger partial charge in [0.2, 0.25) is 11.2 Å². The van der Waals surface area contributed by atoms with E-state index in [2.05, 4.69) is 0 Å². The zero-order valence-corrected chi connectivity index (χ0v) is 16.0. The molecule has 0 aliphatic rings. The van der Waals surface area contributed by atoms with Crippen LogP contribution in [-0.4, -0.2) is 5.97 Å². The van der Waals surface area contributed by atoms with E-state index in [-0.39, 0.29) is 35.0 Å². The molecule has 2 aromatic heterocycles. The predicted octanol–water partition coefficient (Wildman–Crippen LogP) is 3.96. The van der Waals surface area contributed by atoms with Gasteiger partial charge in [-0.3, -0.25) is 4.79 Å². The number of carboxylic acids is 1. The van der Waals surface area contributed by atoms with E-state index in [0.29, 0.717) is 16.2 Å². The molecular formula is C22H14ClO6-. The molecule has 0 radical (unpaired) electrons. The second kappa shape index (κ2) is 7.48. The zero-order valence-electron chi connectivity index (χ0n) is 15.2. The van der Waals surface area contributed by atoms with E-state index >= 15 is 0 Å². The van der Waals surface area contributed by atoms with Crippen LogP contribution in [0.1, 0.15) is 21.9 Å². The quantitative estimate of drug-likeness (QED) is 0.495. The number of benzene rings is 2. The summed E-state index contributed by atoms with van der Waals surface area (Å²) < 4.78 is 16.8. The first-order valence-corrected chi connectivity index (χ1v) is 9.06. The highest BCUT2D eigenvalue weighted by Gasteiger charge is 2.19. The SMILES string of the molecule is Cc1ccc(-c2oc3ccc(Cl)cc3c(=O)c2OCc2ccc(C(=O)[O-])o2)cc1. The van der Waals surface area contributed by atoms with E-state index in [0.717, 1.165) is 5.56 Å². The fourth-order valence-electron chi connectivity index (χ4n) is 2.88. The largest absolute Gasteiger partial charge is 0.542 e. The normalized spacial score (nSPS) is 11.0. The molecule has 4 aromatic rings. The van der Waals surface area contributed by atoms with Gasteiger partial charge in [0.05, 0.1) is 5.39 Å². The summed E-state index contributed by atoms with van der Waals surface area (Å²) in [4.78, 5) is 24.0. The van der Waals surface area contributed by atoms with Crippen LogP contribution in [0.4, 0.5) is 0 Å². The Hall–Kier alpha value is -3.51. The van der Waals surface area contributed by atoms with Crippen LogP contribution in [0, 0.1) is 6.92 Å². The number of furan rings is 1. The third-order valence-electron chi connectivity index (χ3n) is 4.35. The van der Waals surface area contributed by atoms with Gasteiger partial charge in [-0.05, 0) is 37.3 Å². The molecule has 0 spiro atoms. The number of halogens is 1. The van der Waals surface area contributed by atoms with Crippen molar-refractivity contribution in [3.63, 3.8) is 0 Å². The minimum Gasteiger partial charge on any atom is -0.542 e. The van der Waals surface area contributed by atoms with Crippen LogP contribution in [-0.2, 0) is 6.61 Å². The van der Waals surface area contributed by atoms with Crippen molar-refractivity contribution in [2.24, 2.45) is 0 Å². The summed E-state index contributed by atoms with van der Waals surface area (Å²) in [6, 6.07) is 14.9. The Bertz CT molecular complexity index is 1270. The minimum atomic E-state index is -1.43. The van der Waals surface area contributed by atoms with Crippen LogP contribution in [0.25, 0.3) is 22.3 Å². The molecule has 2 aromatic carbocycles. The number of ether oxygens (including phenoxy) is 1. The van der Waals surface area contributed by atoms with E-state index in [9.17, 15) is 14.7 Å². The van der Waals surface area contributed by atoms with Crippen LogP contribution < -0.4 is 15.3 Å². The molecule has 4 rings (SSSR count). The van der Waals surface area contributed by atoms with Gasteiger partial charge in [-0.1, -0.05) is 41.4 Å². The Balaban J connectivity index is 1.81. The van der Waals surface area contributed by atoms with Crippen molar-refractivity contribution in [3.8, 4) is 17.1 Å². The first kappa shape index (κ1) is 18.8. The van der Waals surface area contributed by atoms with Crippen LogP contribution in [0.3, 0.4) is 0 Å². The summed E-state index contributed by atoms with van der Waals surface area (Å²) in [6.45, 7) is 1.79. The highest BCUT2D eigenvalue weighted by Crippen LogP contribution is 2.32. The summed E-state index contributed by atoms with van der Waals surface area (Å²) in [7, 11) is 0. The van der Waals surface area contributed by atoms with Crippen molar-refractivity contribution in [2.45, 2.75) is 13.5 Å². The Morgan fingerprint density at radius 3 is 2.52 bits per heavy atom. The molecule has 29 heavy (non-hydrogen) atoms. The van der Waals surface area contributed by atoms with E-state index in [1.165, 1.54) is 18.2 Å². The fourth-order valence-corrected chi connectivity index (χ4v) is 3.06. The molecular weight excluding hydrogens is 396 g/mol. The van der Waals surface area contributed by atoms with Crippen molar-refractivity contribution in [1.29, 1.82) is 0 Å². The van der Waals surface area contributed by atoms with Gasteiger partial charge in [-0.25, -0.2) is 0 Å². The van der Waals surface area contributed by atoms with Gasteiger partial charge in [0.1, 0.15) is 29.7 Å². The molecule has 146 valence electrons. The molecule has 0 saturated carbocycles. The molecule has 0 aliphatic carbocycles. The molecule has 0 bridgehead atoms. The summed E-state index contributed by atoms with van der Waals surface area (Å²) in [5.41, 5.74) is 1.70. The van der Waals surface area contributed by atoms with Crippen LogP contribution in [0.15, 0.2) is 68.2 Å². The topological polar surface area (TPSA) is 92.7 Å². The van der Waals surface area contributed by atoms with E-state index in [1.807, 2.05) is 31.2 Å². The van der Waals surface area contributed by atoms with Gasteiger partial charge in [0.25, 0.3) is 0 Å². The third kappa shape index (κ3) is 3.75. The molecule has 0 amide bonds. The van der Waals surface area contributed by atoms with Gasteiger partial charge < -0.3 is 23.5 Å². The summed E-state index contributed by atoms with van der Waals surface area (Å²) >= 11 is 6.02. The van der Waals surface area contributed by atoms with E-state index in [1.54, 1.807) is 12.1 Å². The van der Waals surface area contributed by atoms with Crippen LogP contribution >= 0.6 is 11.6 Å². The molecule has 0 fully saturated rings. The molecule has 0 unspecified atom stereocenters. The van der Waals surface area contributed by atoms with Crippen LogP contribution in [0.2, 0.25) is 5.02 Å². The first-order valence-electron chi connectivity index (χ1n) is 8.68. The number of fused-ring (bicyclic) bond motifs is 1. The standard InChI is InChI=1S/C22H15ClO6/c1-12-2-4-13(5-3-12)20-21(27-11-15-7-9-18(28-15)22(25)26)19(24)16-10-14(23)6-8-17(16)29-20/h2-10H,11H2,1H3,(H,25,26)/p-1. The van der Waals surface area contributed by atoms with Crippen LogP contribution in [0.5, 0.6) is 5.75 Å². The third-order valence-corrected chi connectivity index (χ3v) is 4.58. The minimum absolute atomic E-state index is 0.0185. The lowest BCUT2D eigenvalue weighted by molar-refractivity contribution is -0.257. The maximum Gasteiger partial charge on any atom is 0.235 e. The van der Waals surface area contributed by atoms with Crippen molar-refractivity contribution >= 4 is 28.5 Å². The molecule has 0 saturated heterocycles. The lowest BCUT2D eigenvalue weighted by Gasteiger charge is -2.11. The number of hydrogen-bond donors (Lipinski definition) is 0. The number of carboxylic acid groups (broad SMARTS) is 1. The van der Waals surface area contributed by atoms with Gasteiger partial charge in [0.15, 0.2) is 5.76 Å². The summed E-state index contributed by atoms with van der Waals surface area (Å²) in [6.07, 6.45) is 0. The molecule has 2 heterocycles. The van der Waals surface area contributed by atoms with Gasteiger partial charge in [0, 0.05) is 10.6 Å². The molecule has 6 nitrogen and oxygen atoms in total. The second-order valence-corrected chi connectivity index (χ2v) is 6.87. The Labute approximate surface area is 169 Å². The fraction of sp³-hybridized carbons (Fsp3) is 0.0909. The second-order valence-electron chi connectivity index (χ2n) is 6.44. The average molecular weight is 410 g/mol. The number of aromatic carboxylic acids is 1. The maximum absolute atomic E-state index is 13.1. The summed E-state index contributed by atoms with van der Waals surface area (Å²) in [5, 5.41) is 11.5. The number of hydrogen-bond acceptors (Lipinski definition) is 6. The van der Waals surface area contributed by atoms with Gasteiger partial charge in [-0.2, -0.15) is 0 Å². The Kier molecular flexibility index (Phi) is 4.86. The molecule has 0 N–H and O–H groups in total. The lowest BCUT2D eigenvalue weighted by Crippen LogP contribution is -2.21. The van der Waals surface area contributed by atoms with Crippen molar-refractivity contribution in [1.82, 2.24) is 0 Å². The van der Waals surface area contributed by atoms with Gasteiger partial charge >= 0.3 is 0 Å². The number of rotatable bonds is 5. The zero-order chi connectivity index (χ0) is 20.5. The highest BCUT2D eigenvalue weighted by molar-refractivity contribution is 6.31. The molecule has 0 atom stereocenters. The number of carbonyl (C=O) groups excluding carboxylic acids is 1. The van der Waals surface area contributed by atoms with E-state index in [4.69, 9.17) is 25.2 Å². The van der Waals surface area contributed by atoms with E-state index < -0.39 is 11.4 Å². The number of aryl methyl sites for hydroxylation is 1. The van der Waals surface area contributed by atoms with Gasteiger partial charge in [-0.15, -0.1) is 0 Å². The highest BCUT2D eigenvalue weighted by atomic mass is 35.5. The smallest absolute Gasteiger partial charge is 0.235 e. The lowest BCUT2D eigenvalue weighted by atomic mass is 10.1. The Morgan fingerprint density at radius 1 is 1.07 bits per heavy atom. The average Bonchev–Trinajstić information content (AvgIpc) is 3.18. The monoisotopic (exact) mass is 409 g/mol. The summed E-state index contributed by atoms with van der Waals surface area (Å²) in [5.74, 6) is -1.28. The number of carbonyl (C=O) groups is 1. The van der Waals surface area contributed by atoms with Crippen molar-refractivity contribution < 1.29 is 23.5 Å². The van der Waals surface area contributed by atoms with Crippen molar-refractivity contribution in [2.75, 3.05) is 0 Å². The van der Waals surface area contributed by atoms with Crippen molar-refractivity contribution in [3.05, 3.63) is 86.9 Å².